The van der Waals surface area contributed by atoms with E-state index < -0.39 is 59.6 Å². The molecule has 0 aromatic heterocycles. The standard InChI is InChI=1S/C36H50BrN3O7/c1-7-11-18-27(42)38-23(6)30(24-16-13-12-14-17-24)46-35(45)28-29-33(43)40(25(10-4)21-41)32(36(29)20-26(37)31(28)47-36)34(44)39(19-9-3)22(5)15-8-2/h7,9,12-14,16-17,22-23,25-26,28-32,41H,1,3,8,10-11,15,18-21H2,2,4-6H3,(H,38,42)/t22?,23-,25+,26?,28-,29+,30-,31-,32-,36+/m1/s1. The number of aliphatic hydroxyl groups is 1. The highest BCUT2D eigenvalue weighted by atomic mass is 79.9. The SMILES string of the molecule is C=CCCC(=O)N[C@H](C)[C@@H](OC(=O)[C@H]1[C@@H]2O[C@@]3(CC2Br)[C@@H]1C(=O)N([C@@H](CC)CO)[C@@H]3C(=O)N(CC=C)C(C)CCC)c1ccccc1. The van der Waals surface area contributed by atoms with Crippen LogP contribution in [0.25, 0.3) is 0 Å². The van der Waals surface area contributed by atoms with Crippen molar-refractivity contribution in [3.63, 3.8) is 0 Å². The Morgan fingerprint density at radius 2 is 1.91 bits per heavy atom. The van der Waals surface area contributed by atoms with Crippen molar-refractivity contribution < 1.29 is 33.8 Å². The number of nitrogens with zero attached hydrogens (tertiary/aromatic N) is 2. The van der Waals surface area contributed by atoms with E-state index >= 15 is 0 Å². The molecule has 3 aliphatic rings. The molecule has 3 amide bonds. The molecule has 1 aromatic carbocycles. The molecular weight excluding hydrogens is 666 g/mol. The lowest BCUT2D eigenvalue weighted by Crippen LogP contribution is -2.60. The van der Waals surface area contributed by atoms with E-state index in [1.165, 1.54) is 4.90 Å². The Labute approximate surface area is 287 Å². The fourth-order valence-corrected chi connectivity index (χ4v) is 8.66. The molecule has 258 valence electrons. The minimum Gasteiger partial charge on any atom is -0.455 e. The second-order valence-corrected chi connectivity index (χ2v) is 14.2. The normalized spacial score (nSPS) is 28.6. The van der Waals surface area contributed by atoms with Crippen molar-refractivity contribution in [3.8, 4) is 0 Å². The zero-order chi connectivity index (χ0) is 34.5. The molecule has 2 N–H and O–H groups in total. The second kappa shape index (κ2) is 15.9. The van der Waals surface area contributed by atoms with Crippen molar-refractivity contribution >= 4 is 39.6 Å². The van der Waals surface area contributed by atoms with Crippen LogP contribution in [0, 0.1) is 11.8 Å². The van der Waals surface area contributed by atoms with Crippen molar-refractivity contribution in [2.75, 3.05) is 13.2 Å². The monoisotopic (exact) mass is 715 g/mol. The van der Waals surface area contributed by atoms with Crippen molar-refractivity contribution in [1.29, 1.82) is 0 Å². The average molecular weight is 717 g/mol. The largest absolute Gasteiger partial charge is 0.455 e. The van der Waals surface area contributed by atoms with Gasteiger partial charge in [-0.25, -0.2) is 0 Å². The molecule has 0 radical (unpaired) electrons. The van der Waals surface area contributed by atoms with Crippen LogP contribution in [-0.2, 0) is 28.7 Å². The van der Waals surface area contributed by atoms with Crippen molar-refractivity contribution in [2.24, 2.45) is 11.8 Å². The van der Waals surface area contributed by atoms with Gasteiger partial charge in [0.2, 0.25) is 17.7 Å². The molecule has 2 unspecified atom stereocenters. The summed E-state index contributed by atoms with van der Waals surface area (Å²) in [4.78, 5) is 59.1. The molecule has 0 saturated carbocycles. The number of carbonyl (C=O) groups is 4. The summed E-state index contributed by atoms with van der Waals surface area (Å²) >= 11 is 3.72. The predicted molar refractivity (Wildman–Crippen MR) is 182 cm³/mol. The molecule has 3 heterocycles. The summed E-state index contributed by atoms with van der Waals surface area (Å²) in [7, 11) is 0. The van der Waals surface area contributed by atoms with E-state index in [9.17, 15) is 24.3 Å². The third kappa shape index (κ3) is 7.08. The number of allylic oxidation sites excluding steroid dienone is 1. The van der Waals surface area contributed by atoms with E-state index in [1.807, 2.05) is 44.2 Å². The van der Waals surface area contributed by atoms with E-state index in [0.717, 1.165) is 12.8 Å². The van der Waals surface area contributed by atoms with Gasteiger partial charge in [-0.2, -0.15) is 0 Å². The Balaban J connectivity index is 1.73. The van der Waals surface area contributed by atoms with Crippen LogP contribution in [0.3, 0.4) is 0 Å². The van der Waals surface area contributed by atoms with Crippen molar-refractivity contribution in [3.05, 3.63) is 61.2 Å². The summed E-state index contributed by atoms with van der Waals surface area (Å²) in [5.74, 6) is -3.49. The van der Waals surface area contributed by atoms with E-state index in [-0.39, 0.29) is 42.3 Å². The number of hydrogen-bond acceptors (Lipinski definition) is 7. The second-order valence-electron chi connectivity index (χ2n) is 13.0. The Kier molecular flexibility index (Phi) is 12.5. The van der Waals surface area contributed by atoms with Gasteiger partial charge in [-0.3, -0.25) is 19.2 Å². The van der Waals surface area contributed by atoms with E-state index in [4.69, 9.17) is 9.47 Å². The Morgan fingerprint density at radius 1 is 1.21 bits per heavy atom. The molecule has 11 heteroatoms. The highest BCUT2D eigenvalue weighted by molar-refractivity contribution is 9.09. The first kappa shape index (κ1) is 36.8. The Hall–Kier alpha value is -3.02. The van der Waals surface area contributed by atoms with Crippen LogP contribution in [-0.4, -0.2) is 92.4 Å². The van der Waals surface area contributed by atoms with Crippen LogP contribution in [0.2, 0.25) is 0 Å². The molecular formula is C36H50BrN3O7. The minimum atomic E-state index is -1.29. The molecule has 0 aliphatic carbocycles. The first-order valence-corrected chi connectivity index (χ1v) is 17.7. The highest BCUT2D eigenvalue weighted by Crippen LogP contribution is 2.61. The van der Waals surface area contributed by atoms with Crippen LogP contribution in [0.15, 0.2) is 55.6 Å². The summed E-state index contributed by atoms with van der Waals surface area (Å²) in [6.07, 6.45) is 4.93. The summed E-state index contributed by atoms with van der Waals surface area (Å²) in [5.41, 5.74) is -0.604. The van der Waals surface area contributed by atoms with Gasteiger partial charge >= 0.3 is 5.97 Å². The number of ether oxygens (including phenoxy) is 2. The molecule has 3 fully saturated rings. The number of aliphatic hydroxyl groups excluding tert-OH is 1. The molecule has 10 nitrogen and oxygen atoms in total. The summed E-state index contributed by atoms with van der Waals surface area (Å²) in [6, 6.07) is 6.78. The van der Waals surface area contributed by atoms with Crippen LogP contribution in [0.4, 0.5) is 0 Å². The number of carbonyl (C=O) groups excluding carboxylic acids is 4. The topological polar surface area (TPSA) is 125 Å². The first-order valence-electron chi connectivity index (χ1n) is 16.8. The van der Waals surface area contributed by atoms with Gasteiger partial charge in [-0.1, -0.05) is 78.7 Å². The molecule has 3 saturated heterocycles. The molecule has 4 rings (SSSR count). The fourth-order valence-electron chi connectivity index (χ4n) is 7.72. The number of amides is 3. The number of esters is 1. The third-order valence-corrected chi connectivity index (χ3v) is 10.8. The van der Waals surface area contributed by atoms with Gasteiger partial charge in [-0.05, 0) is 45.1 Å². The van der Waals surface area contributed by atoms with Crippen LogP contribution >= 0.6 is 15.9 Å². The number of alkyl halides is 1. The van der Waals surface area contributed by atoms with Crippen LogP contribution in [0.1, 0.15) is 77.9 Å². The number of benzene rings is 1. The van der Waals surface area contributed by atoms with E-state index in [0.29, 0.717) is 24.8 Å². The van der Waals surface area contributed by atoms with Gasteiger partial charge in [0.1, 0.15) is 17.7 Å². The Bertz CT molecular complexity index is 1310. The van der Waals surface area contributed by atoms with Gasteiger partial charge in [0.15, 0.2) is 0 Å². The highest BCUT2D eigenvalue weighted by Gasteiger charge is 2.77. The van der Waals surface area contributed by atoms with Crippen LogP contribution in [0.5, 0.6) is 0 Å². The fraction of sp³-hybridized carbons (Fsp3) is 0.611. The molecule has 3 aliphatic heterocycles. The van der Waals surface area contributed by atoms with Gasteiger partial charge in [0, 0.05) is 23.8 Å². The quantitative estimate of drug-likeness (QED) is 0.139. The van der Waals surface area contributed by atoms with Gasteiger partial charge in [0.25, 0.3) is 0 Å². The average Bonchev–Trinajstić information content (AvgIpc) is 3.65. The number of rotatable bonds is 17. The summed E-state index contributed by atoms with van der Waals surface area (Å²) < 4.78 is 12.9. The number of halogens is 1. The van der Waals surface area contributed by atoms with Gasteiger partial charge in [0.05, 0.1) is 36.6 Å². The number of hydrogen-bond donors (Lipinski definition) is 2. The molecule has 47 heavy (non-hydrogen) atoms. The number of nitrogens with one attached hydrogen (secondary N) is 1. The number of fused-ring (bicyclic) bond motifs is 1. The maximum Gasteiger partial charge on any atom is 0.313 e. The minimum absolute atomic E-state index is 0.124. The molecule has 1 spiro atoms. The van der Waals surface area contributed by atoms with Crippen molar-refractivity contribution in [1.82, 2.24) is 15.1 Å². The maximum atomic E-state index is 14.6. The summed E-state index contributed by atoms with van der Waals surface area (Å²) in [6.45, 7) is 15.2. The zero-order valence-corrected chi connectivity index (χ0v) is 29.6. The molecule has 1 aromatic rings. The predicted octanol–water partition coefficient (Wildman–Crippen LogP) is 4.46. The van der Waals surface area contributed by atoms with Gasteiger partial charge in [-0.15, -0.1) is 13.2 Å². The number of likely N-dealkylation sites (tertiary alicyclic amines) is 1. The lowest BCUT2D eigenvalue weighted by molar-refractivity contribution is -0.162. The lowest BCUT2D eigenvalue weighted by atomic mass is 9.70. The maximum absolute atomic E-state index is 14.6. The Morgan fingerprint density at radius 3 is 2.51 bits per heavy atom. The van der Waals surface area contributed by atoms with Crippen LogP contribution < -0.4 is 5.32 Å². The van der Waals surface area contributed by atoms with E-state index in [1.54, 1.807) is 24.0 Å². The summed E-state index contributed by atoms with van der Waals surface area (Å²) in [5, 5.41) is 13.4. The van der Waals surface area contributed by atoms with Crippen molar-refractivity contribution in [2.45, 2.75) is 113 Å². The van der Waals surface area contributed by atoms with E-state index in [2.05, 4.69) is 41.3 Å². The zero-order valence-electron chi connectivity index (χ0n) is 28.0. The third-order valence-electron chi connectivity index (χ3n) is 9.95. The smallest absolute Gasteiger partial charge is 0.313 e. The molecule has 2 bridgehead atoms. The molecule has 10 atom stereocenters. The first-order chi connectivity index (χ1) is 22.5. The lowest BCUT2D eigenvalue weighted by Gasteiger charge is -2.40. The van der Waals surface area contributed by atoms with Gasteiger partial charge < -0.3 is 29.7 Å².